The van der Waals surface area contributed by atoms with Crippen LogP contribution in [0.3, 0.4) is 0 Å². The Labute approximate surface area is 117 Å². The zero-order valence-corrected chi connectivity index (χ0v) is 11.9. The Morgan fingerprint density at radius 1 is 1.37 bits per heavy atom. The number of hydrogen-bond donors (Lipinski definition) is 1. The zero-order valence-electron chi connectivity index (χ0n) is 11.0. The summed E-state index contributed by atoms with van der Waals surface area (Å²) in [6.07, 6.45) is 9.08. The van der Waals surface area contributed by atoms with Crippen LogP contribution in [0.4, 0.5) is 0 Å². The fourth-order valence-electron chi connectivity index (χ4n) is 3.41. The highest BCUT2D eigenvalue weighted by atomic mass is 32.2. The first-order chi connectivity index (χ1) is 9.34. The molecular weight excluding hydrogens is 260 g/mol. The molecule has 1 aliphatic heterocycles. The predicted octanol–water partition coefficient (Wildman–Crippen LogP) is 2.08. The Hall–Kier alpha value is -1.04. The summed E-state index contributed by atoms with van der Waals surface area (Å²) in [5, 5.41) is 7.31. The van der Waals surface area contributed by atoms with E-state index in [-0.39, 0.29) is 5.91 Å². The van der Waals surface area contributed by atoms with E-state index < -0.39 is 0 Å². The van der Waals surface area contributed by atoms with Crippen molar-refractivity contribution in [2.24, 2.45) is 5.92 Å². The number of rotatable bonds is 3. The van der Waals surface area contributed by atoms with Crippen LogP contribution in [0.2, 0.25) is 0 Å². The molecule has 1 aromatic heterocycles. The van der Waals surface area contributed by atoms with E-state index in [1.54, 1.807) is 0 Å². The zero-order chi connectivity index (χ0) is 13.1. The van der Waals surface area contributed by atoms with E-state index in [2.05, 4.69) is 20.1 Å². The molecule has 1 amide bonds. The molecule has 0 radical (unpaired) electrons. The number of hydrogen-bond acceptors (Lipinski definition) is 4. The van der Waals surface area contributed by atoms with E-state index in [0.29, 0.717) is 11.8 Å². The van der Waals surface area contributed by atoms with Crippen molar-refractivity contribution in [1.29, 1.82) is 0 Å². The molecule has 3 rings (SSSR count). The van der Waals surface area contributed by atoms with Crippen molar-refractivity contribution in [2.45, 2.75) is 49.7 Å². The molecule has 5 nitrogen and oxygen atoms in total. The van der Waals surface area contributed by atoms with E-state index in [1.807, 2.05) is 0 Å². The van der Waals surface area contributed by atoms with Crippen molar-refractivity contribution < 1.29 is 4.79 Å². The standard InChI is InChI=1S/C13H20N4OS/c18-12(8-19-13-14-9-15-16-13)17-7-3-5-10-4-1-2-6-11(10)17/h9-11H,1-8H2,(H,14,15,16)/t10-,11+/m1/s1. The van der Waals surface area contributed by atoms with Crippen LogP contribution in [0.1, 0.15) is 38.5 Å². The topological polar surface area (TPSA) is 61.9 Å². The summed E-state index contributed by atoms with van der Waals surface area (Å²) in [6.45, 7) is 0.941. The molecule has 1 saturated carbocycles. The molecular formula is C13H20N4OS. The maximum atomic E-state index is 12.4. The van der Waals surface area contributed by atoms with Crippen molar-refractivity contribution in [3.8, 4) is 0 Å². The van der Waals surface area contributed by atoms with Crippen LogP contribution in [0.25, 0.3) is 0 Å². The number of likely N-dealkylation sites (tertiary alicyclic amines) is 1. The van der Waals surface area contributed by atoms with Gasteiger partial charge in [-0.05, 0) is 31.6 Å². The average molecular weight is 280 g/mol. The molecule has 2 heterocycles. The largest absolute Gasteiger partial charge is 0.339 e. The van der Waals surface area contributed by atoms with Gasteiger partial charge in [-0.15, -0.1) is 0 Å². The van der Waals surface area contributed by atoms with Gasteiger partial charge < -0.3 is 4.90 Å². The molecule has 0 aromatic carbocycles. The number of fused-ring (bicyclic) bond motifs is 1. The maximum absolute atomic E-state index is 12.4. The van der Waals surface area contributed by atoms with Gasteiger partial charge >= 0.3 is 0 Å². The van der Waals surface area contributed by atoms with Crippen molar-refractivity contribution in [2.75, 3.05) is 12.3 Å². The highest BCUT2D eigenvalue weighted by molar-refractivity contribution is 7.99. The lowest BCUT2D eigenvalue weighted by Gasteiger charge is -2.44. The van der Waals surface area contributed by atoms with Gasteiger partial charge in [-0.25, -0.2) is 4.98 Å². The normalized spacial score (nSPS) is 27.1. The molecule has 2 aliphatic rings. The quantitative estimate of drug-likeness (QED) is 0.861. The van der Waals surface area contributed by atoms with Crippen LogP contribution in [0.15, 0.2) is 11.5 Å². The first-order valence-electron chi connectivity index (χ1n) is 7.12. The Kier molecular flexibility index (Phi) is 4.06. The molecule has 0 unspecified atom stereocenters. The minimum atomic E-state index is 0.262. The summed E-state index contributed by atoms with van der Waals surface area (Å²) >= 11 is 1.45. The van der Waals surface area contributed by atoms with Gasteiger partial charge in [0, 0.05) is 12.6 Å². The number of piperidine rings is 1. The maximum Gasteiger partial charge on any atom is 0.233 e. The summed E-state index contributed by atoms with van der Waals surface area (Å²) < 4.78 is 0. The number of H-pyrrole nitrogens is 1. The molecule has 104 valence electrons. The lowest BCUT2D eigenvalue weighted by atomic mass is 9.78. The van der Waals surface area contributed by atoms with E-state index >= 15 is 0 Å². The first kappa shape index (κ1) is 13.0. The van der Waals surface area contributed by atoms with Gasteiger partial charge in [0.1, 0.15) is 6.33 Å². The molecule has 1 N–H and O–H groups in total. The number of carbonyl (C=O) groups is 1. The fraction of sp³-hybridized carbons (Fsp3) is 0.769. The number of nitrogens with zero attached hydrogens (tertiary/aromatic N) is 3. The van der Waals surface area contributed by atoms with E-state index in [4.69, 9.17) is 0 Å². The number of amides is 1. The lowest BCUT2D eigenvalue weighted by Crippen LogP contribution is -2.50. The average Bonchev–Trinajstić information content (AvgIpc) is 2.97. The smallest absolute Gasteiger partial charge is 0.233 e. The Morgan fingerprint density at radius 3 is 3.05 bits per heavy atom. The summed E-state index contributed by atoms with van der Waals surface area (Å²) in [6, 6.07) is 0.505. The summed E-state index contributed by atoms with van der Waals surface area (Å²) in [7, 11) is 0. The molecule has 1 saturated heterocycles. The first-order valence-corrected chi connectivity index (χ1v) is 8.11. The van der Waals surface area contributed by atoms with Gasteiger partial charge in [0.2, 0.25) is 5.91 Å². The summed E-state index contributed by atoms with van der Waals surface area (Å²) in [4.78, 5) is 18.6. The van der Waals surface area contributed by atoms with Crippen LogP contribution in [-0.2, 0) is 4.79 Å². The monoisotopic (exact) mass is 280 g/mol. The molecule has 0 bridgehead atoms. The Balaban J connectivity index is 1.58. The second-order valence-corrected chi connectivity index (χ2v) is 6.38. The number of aromatic nitrogens is 3. The number of thioether (sulfide) groups is 1. The predicted molar refractivity (Wildman–Crippen MR) is 73.8 cm³/mol. The molecule has 0 spiro atoms. The Morgan fingerprint density at radius 2 is 2.21 bits per heavy atom. The molecule has 19 heavy (non-hydrogen) atoms. The van der Waals surface area contributed by atoms with Crippen molar-refractivity contribution in [3.05, 3.63) is 6.33 Å². The van der Waals surface area contributed by atoms with Crippen LogP contribution >= 0.6 is 11.8 Å². The molecule has 2 fully saturated rings. The van der Waals surface area contributed by atoms with E-state index in [1.165, 1.54) is 56.6 Å². The van der Waals surface area contributed by atoms with Gasteiger partial charge in [0.05, 0.1) is 5.75 Å². The van der Waals surface area contributed by atoms with E-state index in [9.17, 15) is 4.79 Å². The molecule has 1 aromatic rings. The second-order valence-electron chi connectivity index (χ2n) is 5.42. The highest BCUT2D eigenvalue weighted by Gasteiger charge is 2.35. The number of aromatic amines is 1. The van der Waals surface area contributed by atoms with Crippen LogP contribution in [0.5, 0.6) is 0 Å². The lowest BCUT2D eigenvalue weighted by molar-refractivity contribution is -0.134. The SMILES string of the molecule is O=C(CSc1ncn[nH]1)N1CCC[C@H]2CCCC[C@@H]21. The Bertz CT molecular complexity index is 420. The van der Waals surface area contributed by atoms with E-state index in [0.717, 1.165) is 17.6 Å². The number of carbonyl (C=O) groups excluding carboxylic acids is 1. The molecule has 6 heteroatoms. The van der Waals surface area contributed by atoms with Gasteiger partial charge in [-0.2, -0.15) is 5.10 Å². The number of nitrogens with one attached hydrogen (secondary N) is 1. The van der Waals surface area contributed by atoms with Gasteiger partial charge in [0.15, 0.2) is 5.16 Å². The third kappa shape index (κ3) is 2.94. The van der Waals surface area contributed by atoms with Crippen LogP contribution < -0.4 is 0 Å². The molecule has 1 aliphatic carbocycles. The van der Waals surface area contributed by atoms with Crippen molar-refractivity contribution in [1.82, 2.24) is 20.1 Å². The van der Waals surface area contributed by atoms with Crippen molar-refractivity contribution >= 4 is 17.7 Å². The molecule has 2 atom stereocenters. The van der Waals surface area contributed by atoms with Crippen LogP contribution in [-0.4, -0.2) is 44.3 Å². The van der Waals surface area contributed by atoms with Crippen molar-refractivity contribution in [3.63, 3.8) is 0 Å². The minimum Gasteiger partial charge on any atom is -0.339 e. The fourth-order valence-corrected chi connectivity index (χ4v) is 4.08. The van der Waals surface area contributed by atoms with Gasteiger partial charge in [-0.3, -0.25) is 9.89 Å². The summed E-state index contributed by atoms with van der Waals surface area (Å²) in [5.41, 5.74) is 0. The highest BCUT2D eigenvalue weighted by Crippen LogP contribution is 2.35. The van der Waals surface area contributed by atoms with Crippen LogP contribution in [0, 0.1) is 5.92 Å². The second kappa shape index (κ2) is 5.94. The van der Waals surface area contributed by atoms with Gasteiger partial charge in [-0.1, -0.05) is 24.6 Å². The third-order valence-electron chi connectivity index (χ3n) is 4.29. The summed E-state index contributed by atoms with van der Waals surface area (Å²) in [5.74, 6) is 1.48. The third-order valence-corrected chi connectivity index (χ3v) is 5.15. The minimum absolute atomic E-state index is 0.262. The van der Waals surface area contributed by atoms with Gasteiger partial charge in [0.25, 0.3) is 0 Å².